The first-order chi connectivity index (χ1) is 8.19. The fourth-order valence-electron chi connectivity index (χ4n) is 2.40. The molecule has 3 nitrogen and oxygen atoms in total. The van der Waals surface area contributed by atoms with Crippen molar-refractivity contribution in [1.29, 1.82) is 0 Å². The van der Waals surface area contributed by atoms with Crippen LogP contribution in [0.2, 0.25) is 0 Å². The monoisotopic (exact) mass is 234 g/mol. The number of benzene rings is 1. The molecule has 1 fully saturated rings. The van der Waals surface area contributed by atoms with Crippen molar-refractivity contribution in [3.05, 3.63) is 29.8 Å². The quantitative estimate of drug-likeness (QED) is 0.751. The lowest BCUT2D eigenvalue weighted by Crippen LogP contribution is -2.08. The molecule has 0 radical (unpaired) electrons. The van der Waals surface area contributed by atoms with Gasteiger partial charge in [0.2, 0.25) is 0 Å². The summed E-state index contributed by atoms with van der Waals surface area (Å²) < 4.78 is 10.2. The molecule has 1 aliphatic rings. The van der Waals surface area contributed by atoms with E-state index < -0.39 is 0 Å². The van der Waals surface area contributed by atoms with E-state index in [0.29, 0.717) is 18.4 Å². The molecule has 0 bridgehead atoms. The Bertz CT molecular complexity index is 396. The van der Waals surface area contributed by atoms with Crippen molar-refractivity contribution in [2.45, 2.75) is 19.8 Å². The second-order valence-electron chi connectivity index (χ2n) is 4.44. The van der Waals surface area contributed by atoms with E-state index in [-0.39, 0.29) is 11.9 Å². The van der Waals surface area contributed by atoms with Gasteiger partial charge in [-0.25, -0.2) is 0 Å². The summed E-state index contributed by atoms with van der Waals surface area (Å²) in [5.41, 5.74) is 1.19. The molecule has 1 aromatic rings. The third kappa shape index (κ3) is 2.28. The molecule has 0 heterocycles. The van der Waals surface area contributed by atoms with E-state index >= 15 is 0 Å². The molecular formula is C14H18O3. The van der Waals surface area contributed by atoms with Gasteiger partial charge in [0.1, 0.15) is 5.75 Å². The van der Waals surface area contributed by atoms with E-state index in [1.807, 2.05) is 31.2 Å². The van der Waals surface area contributed by atoms with E-state index in [2.05, 4.69) is 6.92 Å². The Morgan fingerprint density at radius 2 is 1.94 bits per heavy atom. The molecule has 92 valence electrons. The summed E-state index contributed by atoms with van der Waals surface area (Å²) in [6.45, 7) is 4.39. The lowest BCUT2D eigenvalue weighted by Gasteiger charge is -2.03. The standard InChI is InChI=1S/C14H18O3/c1-4-17-14(15)13-9(2)12(13)10-5-7-11(16-3)8-6-10/h5-9,12-13H,4H2,1-3H3/t9-,12+,13?/m1/s1. The number of hydrogen-bond donors (Lipinski definition) is 0. The highest BCUT2D eigenvalue weighted by molar-refractivity contribution is 5.78. The van der Waals surface area contributed by atoms with Crippen LogP contribution in [0.25, 0.3) is 0 Å². The predicted octanol–water partition coefficient (Wildman–Crippen LogP) is 2.61. The molecule has 17 heavy (non-hydrogen) atoms. The van der Waals surface area contributed by atoms with E-state index in [4.69, 9.17) is 9.47 Å². The van der Waals surface area contributed by atoms with Crippen molar-refractivity contribution < 1.29 is 14.3 Å². The minimum Gasteiger partial charge on any atom is -0.497 e. The fraction of sp³-hybridized carbons (Fsp3) is 0.500. The smallest absolute Gasteiger partial charge is 0.309 e. The highest BCUT2D eigenvalue weighted by atomic mass is 16.5. The van der Waals surface area contributed by atoms with Crippen LogP contribution in [0, 0.1) is 11.8 Å². The highest BCUT2D eigenvalue weighted by Gasteiger charge is 2.53. The van der Waals surface area contributed by atoms with Gasteiger partial charge in [-0.05, 0) is 30.5 Å². The zero-order valence-electron chi connectivity index (χ0n) is 10.5. The lowest BCUT2D eigenvalue weighted by atomic mass is 10.1. The topological polar surface area (TPSA) is 35.5 Å². The van der Waals surface area contributed by atoms with Crippen molar-refractivity contribution in [2.75, 3.05) is 13.7 Å². The maximum Gasteiger partial charge on any atom is 0.309 e. The van der Waals surface area contributed by atoms with Crippen LogP contribution in [0.1, 0.15) is 25.3 Å². The molecule has 0 amide bonds. The predicted molar refractivity (Wildman–Crippen MR) is 65.0 cm³/mol. The van der Waals surface area contributed by atoms with Crippen LogP contribution in [-0.2, 0) is 9.53 Å². The number of hydrogen-bond acceptors (Lipinski definition) is 3. The Labute approximate surface area is 102 Å². The Hall–Kier alpha value is -1.51. The molecule has 3 atom stereocenters. The summed E-state index contributed by atoms with van der Waals surface area (Å²) in [6, 6.07) is 7.92. The molecule has 0 aliphatic heterocycles. The second kappa shape index (κ2) is 4.78. The van der Waals surface area contributed by atoms with Gasteiger partial charge in [0.05, 0.1) is 19.6 Å². The van der Waals surface area contributed by atoms with Crippen LogP contribution in [0.3, 0.4) is 0 Å². The molecular weight excluding hydrogens is 216 g/mol. The third-order valence-corrected chi connectivity index (χ3v) is 3.44. The summed E-state index contributed by atoms with van der Waals surface area (Å²) in [5.74, 6) is 1.49. The maximum absolute atomic E-state index is 11.7. The molecule has 0 spiro atoms. The molecule has 2 rings (SSSR count). The van der Waals surface area contributed by atoms with Gasteiger partial charge in [0.25, 0.3) is 0 Å². The second-order valence-corrected chi connectivity index (χ2v) is 4.44. The Morgan fingerprint density at radius 1 is 1.29 bits per heavy atom. The molecule has 1 aromatic carbocycles. The first-order valence-electron chi connectivity index (χ1n) is 5.99. The highest BCUT2D eigenvalue weighted by Crippen LogP contribution is 2.54. The SMILES string of the molecule is CCOC(=O)C1[C@H](C)[C@H]1c1ccc(OC)cc1. The zero-order chi connectivity index (χ0) is 12.4. The average Bonchev–Trinajstić information content (AvgIpc) is 3.01. The first kappa shape index (κ1) is 12.0. The summed E-state index contributed by atoms with van der Waals surface area (Å²) in [7, 11) is 1.65. The van der Waals surface area contributed by atoms with Crippen LogP contribution >= 0.6 is 0 Å². The van der Waals surface area contributed by atoms with Crippen molar-refractivity contribution in [3.8, 4) is 5.75 Å². The van der Waals surface area contributed by atoms with E-state index in [1.54, 1.807) is 7.11 Å². The van der Waals surface area contributed by atoms with E-state index in [0.717, 1.165) is 5.75 Å². The van der Waals surface area contributed by atoms with Crippen molar-refractivity contribution in [2.24, 2.45) is 11.8 Å². The summed E-state index contributed by atoms with van der Waals surface area (Å²) in [4.78, 5) is 11.7. The Morgan fingerprint density at radius 3 is 2.47 bits per heavy atom. The number of carbonyl (C=O) groups is 1. The van der Waals surface area contributed by atoms with Crippen LogP contribution in [0.15, 0.2) is 24.3 Å². The van der Waals surface area contributed by atoms with Gasteiger partial charge in [-0.3, -0.25) is 4.79 Å². The first-order valence-corrected chi connectivity index (χ1v) is 5.99. The number of rotatable bonds is 4. The van der Waals surface area contributed by atoms with Gasteiger partial charge in [0, 0.05) is 5.92 Å². The van der Waals surface area contributed by atoms with Crippen LogP contribution < -0.4 is 4.74 Å². The van der Waals surface area contributed by atoms with Gasteiger partial charge < -0.3 is 9.47 Å². The van der Waals surface area contributed by atoms with Crippen LogP contribution in [0.4, 0.5) is 0 Å². The van der Waals surface area contributed by atoms with Crippen LogP contribution in [-0.4, -0.2) is 19.7 Å². The summed E-state index contributed by atoms with van der Waals surface area (Å²) >= 11 is 0. The fourth-order valence-corrected chi connectivity index (χ4v) is 2.40. The van der Waals surface area contributed by atoms with Crippen molar-refractivity contribution >= 4 is 5.97 Å². The van der Waals surface area contributed by atoms with Gasteiger partial charge >= 0.3 is 5.97 Å². The molecule has 0 saturated heterocycles. The summed E-state index contributed by atoms with van der Waals surface area (Å²) in [5, 5.41) is 0. The minimum atomic E-state index is -0.0687. The molecule has 0 aromatic heterocycles. The minimum absolute atomic E-state index is 0.0309. The van der Waals surface area contributed by atoms with Crippen LogP contribution in [0.5, 0.6) is 5.75 Å². The molecule has 1 aliphatic carbocycles. The normalized spacial score (nSPS) is 26.4. The number of methoxy groups -OCH3 is 1. The largest absolute Gasteiger partial charge is 0.497 e. The van der Waals surface area contributed by atoms with Gasteiger partial charge in [0.15, 0.2) is 0 Å². The van der Waals surface area contributed by atoms with E-state index in [9.17, 15) is 4.79 Å². The molecule has 1 saturated carbocycles. The number of ether oxygens (including phenoxy) is 2. The maximum atomic E-state index is 11.7. The van der Waals surface area contributed by atoms with Gasteiger partial charge in [-0.2, -0.15) is 0 Å². The zero-order valence-corrected chi connectivity index (χ0v) is 10.5. The van der Waals surface area contributed by atoms with Gasteiger partial charge in [-0.15, -0.1) is 0 Å². The average molecular weight is 234 g/mol. The van der Waals surface area contributed by atoms with Gasteiger partial charge in [-0.1, -0.05) is 19.1 Å². The number of esters is 1. The van der Waals surface area contributed by atoms with E-state index in [1.165, 1.54) is 5.56 Å². The summed E-state index contributed by atoms with van der Waals surface area (Å²) in [6.07, 6.45) is 0. The lowest BCUT2D eigenvalue weighted by molar-refractivity contribution is -0.145. The number of carbonyl (C=O) groups excluding carboxylic acids is 1. The molecule has 3 heteroatoms. The molecule has 0 N–H and O–H groups in total. The molecule has 1 unspecified atom stereocenters. The van der Waals surface area contributed by atoms with Crippen molar-refractivity contribution in [3.63, 3.8) is 0 Å². The Balaban J connectivity index is 2.06. The Kier molecular flexibility index (Phi) is 3.36. The third-order valence-electron chi connectivity index (χ3n) is 3.44. The van der Waals surface area contributed by atoms with Crippen molar-refractivity contribution in [1.82, 2.24) is 0 Å².